The SMILES string of the molecule is CN(C)CCC(=O)Nc1ccc2[nH]c(C(=O)NCc3ccc(Cl)c(Oc4cc(N)cc(Cl)c4)c3F)cc2c1. The highest BCUT2D eigenvalue weighted by atomic mass is 35.5. The van der Waals surface area contributed by atoms with Gasteiger partial charge in [-0.15, -0.1) is 0 Å². The van der Waals surface area contributed by atoms with Crippen LogP contribution >= 0.6 is 23.2 Å². The summed E-state index contributed by atoms with van der Waals surface area (Å²) in [4.78, 5) is 29.9. The van der Waals surface area contributed by atoms with Crippen molar-refractivity contribution in [3.8, 4) is 11.5 Å². The van der Waals surface area contributed by atoms with Gasteiger partial charge in [-0.05, 0) is 56.6 Å². The van der Waals surface area contributed by atoms with Crippen molar-refractivity contribution in [2.45, 2.75) is 13.0 Å². The van der Waals surface area contributed by atoms with Crippen molar-refractivity contribution >= 4 is 57.3 Å². The van der Waals surface area contributed by atoms with Crippen molar-refractivity contribution in [3.63, 3.8) is 0 Å². The van der Waals surface area contributed by atoms with E-state index in [4.69, 9.17) is 33.7 Å². The second-order valence-electron chi connectivity index (χ2n) is 8.94. The number of H-pyrrole nitrogens is 1. The number of nitrogens with zero attached hydrogens (tertiary/aromatic N) is 1. The summed E-state index contributed by atoms with van der Waals surface area (Å²) in [6.07, 6.45) is 0.368. The first-order valence-electron chi connectivity index (χ1n) is 11.7. The highest BCUT2D eigenvalue weighted by molar-refractivity contribution is 6.32. The Morgan fingerprint density at radius 1 is 1.08 bits per heavy atom. The average Bonchev–Trinajstić information content (AvgIpc) is 3.28. The molecule has 38 heavy (non-hydrogen) atoms. The molecule has 8 nitrogen and oxygen atoms in total. The molecule has 0 saturated heterocycles. The first-order valence-corrected chi connectivity index (χ1v) is 12.4. The normalized spacial score (nSPS) is 11.1. The van der Waals surface area contributed by atoms with E-state index >= 15 is 4.39 Å². The molecular formula is C27H26Cl2FN5O3. The molecule has 1 aromatic heterocycles. The summed E-state index contributed by atoms with van der Waals surface area (Å²) >= 11 is 12.2. The van der Waals surface area contributed by atoms with Crippen LogP contribution in [0.1, 0.15) is 22.5 Å². The number of halogens is 3. The lowest BCUT2D eigenvalue weighted by atomic mass is 10.2. The fraction of sp³-hybridized carbons (Fsp3) is 0.185. The number of fused-ring (bicyclic) bond motifs is 1. The monoisotopic (exact) mass is 557 g/mol. The third-order valence-electron chi connectivity index (χ3n) is 5.62. The number of carbonyl (C=O) groups excluding carboxylic acids is 2. The topological polar surface area (TPSA) is 112 Å². The summed E-state index contributed by atoms with van der Waals surface area (Å²) in [5.74, 6) is -1.23. The highest BCUT2D eigenvalue weighted by Crippen LogP contribution is 2.35. The summed E-state index contributed by atoms with van der Waals surface area (Å²) in [5.41, 5.74) is 7.93. The van der Waals surface area contributed by atoms with Gasteiger partial charge in [-0.2, -0.15) is 0 Å². The molecule has 0 aliphatic rings. The van der Waals surface area contributed by atoms with Crippen LogP contribution in [0.4, 0.5) is 15.8 Å². The van der Waals surface area contributed by atoms with Crippen LogP contribution < -0.4 is 21.1 Å². The van der Waals surface area contributed by atoms with Gasteiger partial charge in [0.25, 0.3) is 5.91 Å². The Morgan fingerprint density at radius 3 is 2.61 bits per heavy atom. The van der Waals surface area contributed by atoms with Gasteiger partial charge in [-0.25, -0.2) is 4.39 Å². The second-order valence-corrected chi connectivity index (χ2v) is 9.78. The van der Waals surface area contributed by atoms with E-state index < -0.39 is 11.7 Å². The Kier molecular flexibility index (Phi) is 8.41. The molecule has 0 fully saturated rings. The van der Waals surface area contributed by atoms with Crippen molar-refractivity contribution in [1.29, 1.82) is 0 Å². The first-order chi connectivity index (χ1) is 18.1. The fourth-order valence-corrected chi connectivity index (χ4v) is 4.13. The lowest BCUT2D eigenvalue weighted by Gasteiger charge is -2.13. The average molecular weight is 558 g/mol. The van der Waals surface area contributed by atoms with Gasteiger partial charge in [0.15, 0.2) is 11.6 Å². The molecule has 0 unspecified atom stereocenters. The minimum atomic E-state index is -0.720. The van der Waals surface area contributed by atoms with E-state index in [2.05, 4.69) is 15.6 Å². The summed E-state index contributed by atoms with van der Waals surface area (Å²) < 4.78 is 20.8. The smallest absolute Gasteiger partial charge is 0.267 e. The number of nitrogens with two attached hydrogens (primary N) is 1. The number of anilines is 2. The molecule has 198 valence electrons. The van der Waals surface area contributed by atoms with Gasteiger partial charge in [0.1, 0.15) is 11.4 Å². The number of rotatable bonds is 9. The minimum absolute atomic E-state index is 0.0522. The summed E-state index contributed by atoms with van der Waals surface area (Å²) in [5, 5.41) is 6.68. The zero-order valence-electron chi connectivity index (χ0n) is 20.7. The molecule has 4 aromatic rings. The molecule has 4 rings (SSSR count). The molecule has 0 radical (unpaired) electrons. The predicted octanol–water partition coefficient (Wildman–Crippen LogP) is 5.81. The van der Waals surface area contributed by atoms with E-state index in [1.165, 1.54) is 30.3 Å². The summed E-state index contributed by atoms with van der Waals surface area (Å²) in [6.45, 7) is 0.526. The van der Waals surface area contributed by atoms with Crippen LogP contribution in [0.2, 0.25) is 10.0 Å². The number of carbonyl (C=O) groups is 2. The predicted molar refractivity (Wildman–Crippen MR) is 149 cm³/mol. The lowest BCUT2D eigenvalue weighted by molar-refractivity contribution is -0.116. The van der Waals surface area contributed by atoms with E-state index in [0.29, 0.717) is 29.4 Å². The Hall–Kier alpha value is -3.79. The Balaban J connectivity index is 1.44. The van der Waals surface area contributed by atoms with E-state index in [1.54, 1.807) is 24.3 Å². The van der Waals surface area contributed by atoms with Crippen molar-refractivity contribution in [1.82, 2.24) is 15.2 Å². The van der Waals surface area contributed by atoms with Crippen LogP contribution in [-0.2, 0) is 11.3 Å². The number of nitrogens with one attached hydrogen (secondary N) is 3. The van der Waals surface area contributed by atoms with Crippen LogP contribution in [0.25, 0.3) is 10.9 Å². The summed E-state index contributed by atoms with van der Waals surface area (Å²) in [7, 11) is 3.80. The molecule has 5 N–H and O–H groups in total. The van der Waals surface area contributed by atoms with E-state index in [-0.39, 0.29) is 40.2 Å². The van der Waals surface area contributed by atoms with E-state index in [0.717, 1.165) is 10.9 Å². The molecule has 0 bridgehead atoms. The number of aromatic nitrogens is 1. The Bertz CT molecular complexity index is 1490. The third-order valence-corrected chi connectivity index (χ3v) is 6.13. The summed E-state index contributed by atoms with van der Waals surface area (Å²) in [6, 6.07) is 14.4. The maximum atomic E-state index is 15.2. The van der Waals surface area contributed by atoms with Gasteiger partial charge in [0.05, 0.1) is 5.02 Å². The number of aromatic amines is 1. The second kappa shape index (κ2) is 11.7. The highest BCUT2D eigenvalue weighted by Gasteiger charge is 2.17. The molecular weight excluding hydrogens is 532 g/mol. The van der Waals surface area contributed by atoms with Crippen LogP contribution in [-0.4, -0.2) is 42.3 Å². The van der Waals surface area contributed by atoms with Crippen LogP contribution in [0, 0.1) is 5.82 Å². The molecule has 0 aliphatic heterocycles. The fourth-order valence-electron chi connectivity index (χ4n) is 3.72. The number of benzene rings is 3. The lowest BCUT2D eigenvalue weighted by Crippen LogP contribution is -2.23. The Labute approximate surface area is 228 Å². The maximum Gasteiger partial charge on any atom is 0.267 e. The molecule has 3 aromatic carbocycles. The van der Waals surface area contributed by atoms with Crippen molar-refractivity contribution in [3.05, 3.63) is 81.7 Å². The quantitative estimate of drug-likeness (QED) is 0.194. The van der Waals surface area contributed by atoms with Gasteiger partial charge in [-0.1, -0.05) is 29.3 Å². The third kappa shape index (κ3) is 6.74. The van der Waals surface area contributed by atoms with Gasteiger partial charge >= 0.3 is 0 Å². The molecule has 0 spiro atoms. The minimum Gasteiger partial charge on any atom is -0.453 e. The van der Waals surface area contributed by atoms with Gasteiger partial charge in [0.2, 0.25) is 5.91 Å². The molecule has 0 atom stereocenters. The van der Waals surface area contributed by atoms with Crippen molar-refractivity contribution in [2.75, 3.05) is 31.7 Å². The number of amides is 2. The number of ether oxygens (including phenoxy) is 1. The first kappa shape index (κ1) is 27.3. The number of nitrogen functional groups attached to an aromatic ring is 1. The number of hydrogen-bond donors (Lipinski definition) is 4. The standard InChI is InChI=1S/C27H26Cl2FN5O3/c1-35(2)8-7-24(36)33-19-4-6-22-16(9-19)10-23(34-22)27(37)32-14-15-3-5-21(29)26(25(15)30)38-20-12-17(28)11-18(31)13-20/h3-6,9-13,34H,7-8,14,31H2,1-2H3,(H,32,37)(H,33,36). The van der Waals surface area contributed by atoms with Crippen LogP contribution in [0.15, 0.2) is 54.6 Å². The number of hydrogen-bond acceptors (Lipinski definition) is 5. The van der Waals surface area contributed by atoms with Gasteiger partial charge in [-0.3, -0.25) is 9.59 Å². The molecule has 0 saturated carbocycles. The van der Waals surface area contributed by atoms with E-state index in [1.807, 2.05) is 19.0 Å². The van der Waals surface area contributed by atoms with E-state index in [9.17, 15) is 9.59 Å². The largest absolute Gasteiger partial charge is 0.453 e. The zero-order valence-corrected chi connectivity index (χ0v) is 22.2. The van der Waals surface area contributed by atoms with Crippen molar-refractivity contribution in [2.24, 2.45) is 0 Å². The maximum absolute atomic E-state index is 15.2. The zero-order chi connectivity index (χ0) is 27.4. The Morgan fingerprint density at radius 2 is 1.87 bits per heavy atom. The molecule has 2 amide bonds. The van der Waals surface area contributed by atoms with Gasteiger partial charge < -0.3 is 31.0 Å². The van der Waals surface area contributed by atoms with Crippen molar-refractivity contribution < 1.29 is 18.7 Å². The molecule has 11 heteroatoms. The molecule has 0 aliphatic carbocycles. The molecule has 1 heterocycles. The van der Waals surface area contributed by atoms with Crippen LogP contribution in [0.5, 0.6) is 11.5 Å². The van der Waals surface area contributed by atoms with Gasteiger partial charge in [0, 0.05) is 58.4 Å². The van der Waals surface area contributed by atoms with Crippen LogP contribution in [0.3, 0.4) is 0 Å².